The molecule has 0 atom stereocenters. The van der Waals surface area contributed by atoms with Crippen molar-refractivity contribution in [1.29, 1.82) is 0 Å². The van der Waals surface area contributed by atoms with Crippen LogP contribution >= 0.6 is 12.2 Å². The molecule has 1 N–H and O–H groups in total. The summed E-state index contributed by atoms with van der Waals surface area (Å²) in [6.07, 6.45) is 0. The molecule has 0 aliphatic carbocycles. The number of aryl methyl sites for hydroxylation is 1. The molecule has 20 heavy (non-hydrogen) atoms. The first kappa shape index (κ1) is 12.9. The SMILES string of the molecule is COc1ccc2c(=S)[nH]c(C)c(-c3ccccc3)c2c1. The Kier molecular flexibility index (Phi) is 3.28. The lowest BCUT2D eigenvalue weighted by atomic mass is 9.98. The highest BCUT2D eigenvalue weighted by Crippen LogP contribution is 2.33. The van der Waals surface area contributed by atoms with Gasteiger partial charge in [-0.05, 0) is 36.1 Å². The Morgan fingerprint density at radius 2 is 1.75 bits per heavy atom. The van der Waals surface area contributed by atoms with Gasteiger partial charge in [0.2, 0.25) is 0 Å². The van der Waals surface area contributed by atoms with Gasteiger partial charge >= 0.3 is 0 Å². The van der Waals surface area contributed by atoms with Crippen molar-refractivity contribution >= 4 is 23.0 Å². The van der Waals surface area contributed by atoms with E-state index in [9.17, 15) is 0 Å². The number of hydrogen-bond donors (Lipinski definition) is 1. The summed E-state index contributed by atoms with van der Waals surface area (Å²) in [6, 6.07) is 16.3. The molecule has 3 aromatic rings. The maximum absolute atomic E-state index is 5.43. The molecule has 0 aliphatic heterocycles. The second-order valence-corrected chi connectivity index (χ2v) is 5.14. The Morgan fingerprint density at radius 1 is 1.00 bits per heavy atom. The molecule has 0 fully saturated rings. The number of rotatable bonds is 2. The minimum Gasteiger partial charge on any atom is -0.497 e. The zero-order valence-corrected chi connectivity index (χ0v) is 12.3. The van der Waals surface area contributed by atoms with E-state index in [1.165, 1.54) is 11.1 Å². The second-order valence-electron chi connectivity index (χ2n) is 4.73. The zero-order chi connectivity index (χ0) is 14.1. The fourth-order valence-corrected chi connectivity index (χ4v) is 2.87. The van der Waals surface area contributed by atoms with Gasteiger partial charge in [0, 0.05) is 16.6 Å². The van der Waals surface area contributed by atoms with E-state index in [-0.39, 0.29) is 0 Å². The quantitative estimate of drug-likeness (QED) is 0.677. The fraction of sp³-hybridized carbons (Fsp3) is 0.118. The van der Waals surface area contributed by atoms with Crippen molar-refractivity contribution in [2.45, 2.75) is 6.92 Å². The van der Waals surface area contributed by atoms with Gasteiger partial charge < -0.3 is 9.72 Å². The van der Waals surface area contributed by atoms with Crippen molar-refractivity contribution in [2.24, 2.45) is 0 Å². The van der Waals surface area contributed by atoms with Crippen LogP contribution in [0.4, 0.5) is 0 Å². The largest absolute Gasteiger partial charge is 0.497 e. The molecule has 0 radical (unpaired) electrons. The molecule has 0 spiro atoms. The third-order valence-electron chi connectivity index (χ3n) is 3.48. The number of benzene rings is 2. The number of aromatic amines is 1. The van der Waals surface area contributed by atoms with Crippen molar-refractivity contribution in [3.63, 3.8) is 0 Å². The van der Waals surface area contributed by atoms with E-state index in [0.29, 0.717) is 0 Å². The minimum absolute atomic E-state index is 0.764. The van der Waals surface area contributed by atoms with E-state index >= 15 is 0 Å². The first-order valence-electron chi connectivity index (χ1n) is 6.47. The summed E-state index contributed by atoms with van der Waals surface area (Å²) < 4.78 is 6.11. The number of methoxy groups -OCH3 is 1. The summed E-state index contributed by atoms with van der Waals surface area (Å²) in [5, 5.41) is 2.17. The lowest BCUT2D eigenvalue weighted by Crippen LogP contribution is -1.92. The van der Waals surface area contributed by atoms with Gasteiger partial charge in [0.25, 0.3) is 0 Å². The maximum atomic E-state index is 5.43. The average molecular weight is 281 g/mol. The van der Waals surface area contributed by atoms with Crippen LogP contribution in [0.2, 0.25) is 0 Å². The highest BCUT2D eigenvalue weighted by molar-refractivity contribution is 7.71. The van der Waals surface area contributed by atoms with Crippen molar-refractivity contribution in [2.75, 3.05) is 7.11 Å². The van der Waals surface area contributed by atoms with Crippen LogP contribution in [0, 0.1) is 11.6 Å². The second kappa shape index (κ2) is 5.10. The van der Waals surface area contributed by atoms with Gasteiger partial charge in [0.05, 0.1) is 7.11 Å². The van der Waals surface area contributed by atoms with Crippen LogP contribution in [0.15, 0.2) is 48.5 Å². The number of H-pyrrole nitrogens is 1. The van der Waals surface area contributed by atoms with Crippen molar-refractivity contribution < 1.29 is 4.74 Å². The monoisotopic (exact) mass is 281 g/mol. The standard InChI is InChI=1S/C17H15NOS/c1-11-16(12-6-4-3-5-7-12)15-10-13(19-2)8-9-14(15)17(20)18-11/h3-10H,1-2H3,(H,18,20). The number of nitrogens with one attached hydrogen (secondary N) is 1. The van der Waals surface area contributed by atoms with Crippen LogP contribution < -0.4 is 4.74 Å². The van der Waals surface area contributed by atoms with Crippen LogP contribution in [0.5, 0.6) is 5.75 Å². The third kappa shape index (κ3) is 2.10. The number of aromatic nitrogens is 1. The molecule has 1 aromatic heterocycles. The van der Waals surface area contributed by atoms with Crippen molar-refractivity contribution in [1.82, 2.24) is 4.98 Å². The van der Waals surface area contributed by atoms with E-state index in [1.54, 1.807) is 7.11 Å². The normalized spacial score (nSPS) is 10.7. The van der Waals surface area contributed by atoms with Gasteiger partial charge in [-0.3, -0.25) is 0 Å². The molecule has 100 valence electrons. The highest BCUT2D eigenvalue weighted by Gasteiger charge is 2.10. The summed E-state index contributed by atoms with van der Waals surface area (Å²) in [5.41, 5.74) is 3.42. The van der Waals surface area contributed by atoms with E-state index in [1.807, 2.05) is 36.4 Å². The maximum Gasteiger partial charge on any atom is 0.119 e. The van der Waals surface area contributed by atoms with Crippen molar-refractivity contribution in [3.8, 4) is 16.9 Å². The summed E-state index contributed by atoms with van der Waals surface area (Å²) >= 11 is 5.43. The predicted molar refractivity (Wildman–Crippen MR) is 85.9 cm³/mol. The summed E-state index contributed by atoms with van der Waals surface area (Å²) in [6.45, 7) is 2.05. The van der Waals surface area contributed by atoms with Crippen LogP contribution in [-0.2, 0) is 0 Å². The van der Waals surface area contributed by atoms with Crippen LogP contribution in [-0.4, -0.2) is 12.1 Å². The Hall–Kier alpha value is -2.13. The smallest absolute Gasteiger partial charge is 0.119 e. The number of ether oxygens (including phenoxy) is 1. The molecule has 2 nitrogen and oxygen atoms in total. The molecule has 0 unspecified atom stereocenters. The summed E-state index contributed by atoms with van der Waals surface area (Å²) in [5.74, 6) is 0.842. The molecule has 3 heteroatoms. The predicted octanol–water partition coefficient (Wildman–Crippen LogP) is 4.88. The van der Waals surface area contributed by atoms with Gasteiger partial charge in [0.15, 0.2) is 0 Å². The van der Waals surface area contributed by atoms with Gasteiger partial charge in [-0.2, -0.15) is 0 Å². The first-order chi connectivity index (χ1) is 9.70. The van der Waals surface area contributed by atoms with E-state index in [0.717, 1.165) is 26.9 Å². The first-order valence-corrected chi connectivity index (χ1v) is 6.87. The molecule has 3 rings (SSSR count). The minimum atomic E-state index is 0.764. The van der Waals surface area contributed by atoms with E-state index in [2.05, 4.69) is 24.0 Å². The Bertz CT molecular complexity index is 822. The average Bonchev–Trinajstić information content (AvgIpc) is 2.47. The number of fused-ring (bicyclic) bond motifs is 1. The van der Waals surface area contributed by atoms with Crippen LogP contribution in [0.25, 0.3) is 21.9 Å². The fourth-order valence-electron chi connectivity index (χ4n) is 2.53. The van der Waals surface area contributed by atoms with E-state index in [4.69, 9.17) is 17.0 Å². The molecule has 0 saturated heterocycles. The molecule has 1 heterocycles. The molecule has 0 aliphatic rings. The zero-order valence-electron chi connectivity index (χ0n) is 11.4. The van der Waals surface area contributed by atoms with E-state index < -0.39 is 0 Å². The third-order valence-corrected chi connectivity index (χ3v) is 3.80. The Labute approximate surface area is 123 Å². The summed E-state index contributed by atoms with van der Waals surface area (Å²) in [4.78, 5) is 3.29. The lowest BCUT2D eigenvalue weighted by Gasteiger charge is -2.12. The Balaban J connectivity index is 2.44. The van der Waals surface area contributed by atoms with Gasteiger partial charge in [-0.25, -0.2) is 0 Å². The molecular formula is C17H15NOS. The van der Waals surface area contributed by atoms with Gasteiger partial charge in [-0.15, -0.1) is 0 Å². The number of pyridine rings is 1. The van der Waals surface area contributed by atoms with Crippen LogP contribution in [0.1, 0.15) is 5.69 Å². The van der Waals surface area contributed by atoms with Gasteiger partial charge in [-0.1, -0.05) is 42.5 Å². The molecular weight excluding hydrogens is 266 g/mol. The highest BCUT2D eigenvalue weighted by atomic mass is 32.1. The summed E-state index contributed by atoms with van der Waals surface area (Å²) in [7, 11) is 1.68. The van der Waals surface area contributed by atoms with Crippen molar-refractivity contribution in [3.05, 3.63) is 58.9 Å². The van der Waals surface area contributed by atoms with Crippen LogP contribution in [0.3, 0.4) is 0 Å². The molecule has 0 amide bonds. The van der Waals surface area contributed by atoms with Gasteiger partial charge in [0.1, 0.15) is 10.4 Å². The topological polar surface area (TPSA) is 25.0 Å². The molecule has 0 bridgehead atoms. The molecule has 0 saturated carbocycles. The number of hydrogen-bond acceptors (Lipinski definition) is 2. The Morgan fingerprint density at radius 3 is 2.45 bits per heavy atom. The molecule has 2 aromatic carbocycles. The lowest BCUT2D eigenvalue weighted by molar-refractivity contribution is 0.415.